The number of carbonyl (C=O) groups is 1. The third-order valence-electron chi connectivity index (χ3n) is 4.29. The van der Waals surface area contributed by atoms with Gasteiger partial charge in [0.1, 0.15) is 0 Å². The zero-order valence-electron chi connectivity index (χ0n) is 16.1. The lowest BCUT2D eigenvalue weighted by atomic mass is 10.1. The summed E-state index contributed by atoms with van der Waals surface area (Å²) in [5.41, 5.74) is 3.60. The lowest BCUT2D eigenvalue weighted by Crippen LogP contribution is -2.39. The molecule has 0 aliphatic carbocycles. The van der Waals surface area contributed by atoms with Crippen LogP contribution in [0.5, 0.6) is 11.5 Å². The first kappa shape index (κ1) is 19.3. The van der Waals surface area contributed by atoms with Crippen LogP contribution in [0.25, 0.3) is 0 Å². The number of amides is 1. The molecule has 0 spiro atoms. The lowest BCUT2D eigenvalue weighted by Gasteiger charge is -2.28. The number of aliphatic imine (C=N–C) groups is 1. The SMILES string of the molecule is COc1ccc(N=C2SCCCN2C(=O)c2cc(C)cc(C)c2)cc1OC. The predicted molar refractivity (Wildman–Crippen MR) is 111 cm³/mol. The zero-order chi connectivity index (χ0) is 19.4. The molecule has 0 aromatic heterocycles. The fraction of sp³-hybridized carbons (Fsp3) is 0.333. The van der Waals surface area contributed by atoms with E-state index >= 15 is 0 Å². The summed E-state index contributed by atoms with van der Waals surface area (Å²) in [5.74, 6) is 2.21. The van der Waals surface area contributed by atoms with E-state index in [9.17, 15) is 4.79 Å². The van der Waals surface area contributed by atoms with Gasteiger partial charge in [0.25, 0.3) is 5.91 Å². The number of rotatable bonds is 4. The molecule has 0 atom stereocenters. The largest absolute Gasteiger partial charge is 0.493 e. The van der Waals surface area contributed by atoms with Gasteiger partial charge in [0, 0.05) is 23.9 Å². The molecule has 0 bridgehead atoms. The summed E-state index contributed by atoms with van der Waals surface area (Å²) in [4.78, 5) is 19.6. The normalized spacial score (nSPS) is 15.7. The van der Waals surface area contributed by atoms with Crippen molar-refractivity contribution in [3.63, 3.8) is 0 Å². The number of methoxy groups -OCH3 is 2. The molecule has 5 nitrogen and oxygen atoms in total. The fourth-order valence-corrected chi connectivity index (χ4v) is 4.06. The van der Waals surface area contributed by atoms with Crippen molar-refractivity contribution >= 4 is 28.5 Å². The van der Waals surface area contributed by atoms with E-state index < -0.39 is 0 Å². The van der Waals surface area contributed by atoms with E-state index in [0.29, 0.717) is 23.6 Å². The Hall–Kier alpha value is -2.47. The molecule has 6 heteroatoms. The Morgan fingerprint density at radius 1 is 1.04 bits per heavy atom. The number of amidine groups is 1. The summed E-state index contributed by atoms with van der Waals surface area (Å²) in [7, 11) is 3.20. The Balaban J connectivity index is 1.93. The fourth-order valence-electron chi connectivity index (χ4n) is 3.10. The number of benzene rings is 2. The van der Waals surface area contributed by atoms with Gasteiger partial charge in [-0.3, -0.25) is 9.69 Å². The average Bonchev–Trinajstić information content (AvgIpc) is 2.67. The summed E-state index contributed by atoms with van der Waals surface area (Å²) in [5, 5.41) is 0.720. The molecule has 0 saturated carbocycles. The number of aryl methyl sites for hydroxylation is 2. The number of hydrogen-bond acceptors (Lipinski definition) is 5. The van der Waals surface area contributed by atoms with Crippen LogP contribution in [-0.4, -0.2) is 42.5 Å². The van der Waals surface area contributed by atoms with Crippen molar-refractivity contribution in [2.75, 3.05) is 26.5 Å². The molecule has 2 aromatic rings. The molecular formula is C21H24N2O3S. The second-order valence-corrected chi connectivity index (χ2v) is 7.53. The minimum atomic E-state index is -0.00627. The summed E-state index contributed by atoms with van der Waals surface area (Å²) in [6.07, 6.45) is 0.951. The minimum absolute atomic E-state index is 0.00627. The molecule has 0 N–H and O–H groups in total. The summed E-state index contributed by atoms with van der Waals surface area (Å²) in [6.45, 7) is 4.69. The highest BCUT2D eigenvalue weighted by Gasteiger charge is 2.25. The molecule has 1 aliphatic rings. The van der Waals surface area contributed by atoms with E-state index in [0.717, 1.165) is 34.2 Å². The third-order valence-corrected chi connectivity index (χ3v) is 5.36. The smallest absolute Gasteiger partial charge is 0.259 e. The highest BCUT2D eigenvalue weighted by molar-refractivity contribution is 8.13. The van der Waals surface area contributed by atoms with Crippen LogP contribution in [0, 0.1) is 13.8 Å². The molecule has 27 heavy (non-hydrogen) atoms. The van der Waals surface area contributed by atoms with Crippen LogP contribution >= 0.6 is 11.8 Å². The van der Waals surface area contributed by atoms with Gasteiger partial charge in [-0.1, -0.05) is 29.0 Å². The van der Waals surface area contributed by atoms with Crippen LogP contribution in [0.15, 0.2) is 41.4 Å². The predicted octanol–water partition coefficient (Wildman–Crippen LogP) is 4.59. The maximum atomic E-state index is 13.1. The van der Waals surface area contributed by atoms with Crippen molar-refractivity contribution in [3.05, 3.63) is 53.1 Å². The second kappa shape index (κ2) is 8.48. The Kier molecular flexibility index (Phi) is 6.06. The maximum Gasteiger partial charge on any atom is 0.259 e. The molecular weight excluding hydrogens is 360 g/mol. The van der Waals surface area contributed by atoms with E-state index in [1.54, 1.807) is 30.9 Å². The van der Waals surface area contributed by atoms with E-state index in [-0.39, 0.29) is 5.91 Å². The van der Waals surface area contributed by atoms with Gasteiger partial charge in [0.2, 0.25) is 0 Å². The van der Waals surface area contributed by atoms with Crippen molar-refractivity contribution in [2.45, 2.75) is 20.3 Å². The third kappa shape index (κ3) is 4.45. The first-order chi connectivity index (χ1) is 13.0. The van der Waals surface area contributed by atoms with E-state index in [2.05, 4.69) is 6.07 Å². The first-order valence-electron chi connectivity index (χ1n) is 8.85. The average molecular weight is 385 g/mol. The molecule has 1 aliphatic heterocycles. The molecule has 1 saturated heterocycles. The summed E-state index contributed by atoms with van der Waals surface area (Å²) >= 11 is 1.60. The quantitative estimate of drug-likeness (QED) is 0.774. The van der Waals surface area contributed by atoms with Crippen LogP contribution in [0.3, 0.4) is 0 Å². The van der Waals surface area contributed by atoms with E-state index in [4.69, 9.17) is 14.5 Å². The van der Waals surface area contributed by atoms with E-state index in [1.807, 2.05) is 44.2 Å². The van der Waals surface area contributed by atoms with Gasteiger partial charge in [-0.15, -0.1) is 0 Å². The number of thioether (sulfide) groups is 1. The van der Waals surface area contributed by atoms with Crippen molar-refractivity contribution in [2.24, 2.45) is 4.99 Å². The first-order valence-corrected chi connectivity index (χ1v) is 9.84. The van der Waals surface area contributed by atoms with Crippen molar-refractivity contribution < 1.29 is 14.3 Å². The van der Waals surface area contributed by atoms with Crippen molar-refractivity contribution in [3.8, 4) is 11.5 Å². The molecule has 0 radical (unpaired) electrons. The molecule has 1 amide bonds. The standard InChI is InChI=1S/C21H24N2O3S/c1-14-10-15(2)12-16(11-14)20(24)23-8-5-9-27-21(23)22-17-6-7-18(25-3)19(13-17)26-4/h6-7,10-13H,5,8-9H2,1-4H3. The topological polar surface area (TPSA) is 51.1 Å². The number of hydrogen-bond donors (Lipinski definition) is 0. The number of ether oxygens (including phenoxy) is 2. The highest BCUT2D eigenvalue weighted by Crippen LogP contribution is 2.32. The van der Waals surface area contributed by atoms with Crippen molar-refractivity contribution in [1.29, 1.82) is 0 Å². The molecule has 3 rings (SSSR count). The number of nitrogens with zero attached hydrogens (tertiary/aromatic N) is 2. The van der Waals surface area contributed by atoms with Gasteiger partial charge in [-0.25, -0.2) is 4.99 Å². The van der Waals surface area contributed by atoms with Crippen LogP contribution in [-0.2, 0) is 0 Å². The molecule has 1 fully saturated rings. The number of carbonyl (C=O) groups excluding carboxylic acids is 1. The van der Waals surface area contributed by atoms with E-state index in [1.165, 1.54) is 0 Å². The van der Waals surface area contributed by atoms with Crippen LogP contribution in [0.1, 0.15) is 27.9 Å². The van der Waals surface area contributed by atoms with Crippen LogP contribution in [0.2, 0.25) is 0 Å². The summed E-state index contributed by atoms with van der Waals surface area (Å²) < 4.78 is 10.6. The zero-order valence-corrected chi connectivity index (χ0v) is 16.9. The van der Waals surface area contributed by atoms with Gasteiger partial charge in [0.15, 0.2) is 16.7 Å². The molecule has 1 heterocycles. The van der Waals surface area contributed by atoms with Gasteiger partial charge in [-0.2, -0.15) is 0 Å². The Morgan fingerprint density at radius 3 is 2.41 bits per heavy atom. The monoisotopic (exact) mass is 384 g/mol. The van der Waals surface area contributed by atoms with Gasteiger partial charge in [-0.05, 0) is 44.5 Å². The van der Waals surface area contributed by atoms with Gasteiger partial charge < -0.3 is 9.47 Å². The molecule has 0 unspecified atom stereocenters. The molecule has 142 valence electrons. The lowest BCUT2D eigenvalue weighted by molar-refractivity contribution is 0.0849. The summed E-state index contributed by atoms with van der Waals surface area (Å²) in [6, 6.07) is 11.4. The molecule has 2 aromatic carbocycles. The second-order valence-electron chi connectivity index (χ2n) is 6.47. The Bertz CT molecular complexity index is 859. The van der Waals surface area contributed by atoms with Gasteiger partial charge in [0.05, 0.1) is 19.9 Å². The Labute approximate surface area is 164 Å². The minimum Gasteiger partial charge on any atom is -0.493 e. The van der Waals surface area contributed by atoms with Gasteiger partial charge >= 0.3 is 0 Å². The highest BCUT2D eigenvalue weighted by atomic mass is 32.2. The van der Waals surface area contributed by atoms with Crippen LogP contribution < -0.4 is 9.47 Å². The maximum absolute atomic E-state index is 13.1. The van der Waals surface area contributed by atoms with Crippen molar-refractivity contribution in [1.82, 2.24) is 4.90 Å². The van der Waals surface area contributed by atoms with Crippen LogP contribution in [0.4, 0.5) is 5.69 Å². The Morgan fingerprint density at radius 2 is 1.74 bits per heavy atom.